The molecule has 0 saturated heterocycles. The van der Waals surface area contributed by atoms with Gasteiger partial charge in [-0.2, -0.15) is 0 Å². The number of benzene rings is 1. The molecule has 1 aromatic rings. The van der Waals surface area contributed by atoms with Crippen molar-refractivity contribution >= 4 is 11.3 Å². The van der Waals surface area contributed by atoms with Crippen LogP contribution in [-0.2, 0) is 17.8 Å². The standard InChI is InChI=1S/C9H12F2N2O2S/c1-5(12)6-2-8(10)7(9(11)3-6)4-13-16(14)15/h2-3,5,13H,4,12H2,1H3,(H,14,15)/p-1/t5-/m1/s1. The van der Waals surface area contributed by atoms with E-state index < -0.39 is 35.5 Å². The number of hydrogen-bond donors (Lipinski definition) is 2. The number of nitrogens with one attached hydrogen (secondary N) is 1. The van der Waals surface area contributed by atoms with E-state index in [9.17, 15) is 17.5 Å². The van der Waals surface area contributed by atoms with Crippen LogP contribution in [0.4, 0.5) is 8.78 Å². The van der Waals surface area contributed by atoms with Gasteiger partial charge in [0.15, 0.2) is 0 Å². The minimum atomic E-state index is -2.55. The van der Waals surface area contributed by atoms with E-state index in [2.05, 4.69) is 0 Å². The second-order valence-electron chi connectivity index (χ2n) is 3.31. The van der Waals surface area contributed by atoms with E-state index in [1.54, 1.807) is 6.92 Å². The van der Waals surface area contributed by atoms with Gasteiger partial charge in [-0.3, -0.25) is 4.21 Å². The van der Waals surface area contributed by atoms with Gasteiger partial charge in [0, 0.05) is 29.4 Å². The maximum Gasteiger partial charge on any atom is 0.130 e. The molecule has 16 heavy (non-hydrogen) atoms. The first-order chi connectivity index (χ1) is 7.41. The largest absolute Gasteiger partial charge is 0.760 e. The Labute approximate surface area is 94.3 Å². The topological polar surface area (TPSA) is 78.2 Å². The summed E-state index contributed by atoms with van der Waals surface area (Å²) in [4.78, 5) is 0. The fourth-order valence-electron chi connectivity index (χ4n) is 1.19. The lowest BCUT2D eigenvalue weighted by molar-refractivity contribution is 0.513. The number of nitrogens with two attached hydrogens (primary N) is 1. The van der Waals surface area contributed by atoms with Gasteiger partial charge in [0.25, 0.3) is 0 Å². The van der Waals surface area contributed by atoms with Crippen LogP contribution in [0, 0.1) is 11.6 Å². The molecule has 0 aromatic heterocycles. The molecular weight excluding hydrogens is 238 g/mol. The molecule has 3 N–H and O–H groups in total. The first-order valence-corrected chi connectivity index (χ1v) is 5.55. The van der Waals surface area contributed by atoms with Crippen molar-refractivity contribution in [3.05, 3.63) is 34.9 Å². The molecule has 90 valence electrons. The van der Waals surface area contributed by atoms with E-state index in [1.165, 1.54) is 0 Å². The molecule has 0 aliphatic heterocycles. The molecule has 7 heteroatoms. The van der Waals surface area contributed by atoms with Gasteiger partial charge in [0.1, 0.15) is 11.6 Å². The molecule has 4 nitrogen and oxygen atoms in total. The summed E-state index contributed by atoms with van der Waals surface area (Å²) in [5, 5.41) is 0. The lowest BCUT2D eigenvalue weighted by atomic mass is 10.1. The van der Waals surface area contributed by atoms with Crippen LogP contribution in [0.5, 0.6) is 0 Å². The molecule has 0 heterocycles. The molecule has 1 aromatic carbocycles. The van der Waals surface area contributed by atoms with Gasteiger partial charge < -0.3 is 10.3 Å². The van der Waals surface area contributed by atoms with Crippen LogP contribution in [-0.4, -0.2) is 8.76 Å². The third-order valence-electron chi connectivity index (χ3n) is 2.06. The van der Waals surface area contributed by atoms with Crippen molar-refractivity contribution in [2.24, 2.45) is 5.73 Å². The zero-order valence-corrected chi connectivity index (χ0v) is 9.31. The Hall–Kier alpha value is -0.890. The molecule has 0 fully saturated rings. The van der Waals surface area contributed by atoms with Gasteiger partial charge in [0.2, 0.25) is 0 Å². The van der Waals surface area contributed by atoms with Crippen molar-refractivity contribution in [3.63, 3.8) is 0 Å². The van der Waals surface area contributed by atoms with E-state index in [1.807, 2.05) is 4.72 Å². The molecule has 0 bridgehead atoms. The number of rotatable bonds is 4. The first-order valence-electron chi connectivity index (χ1n) is 4.48. The summed E-state index contributed by atoms with van der Waals surface area (Å²) in [5.41, 5.74) is 5.47. The SMILES string of the molecule is C[C@@H](N)c1cc(F)c(CNS(=O)[O-])c(F)c1. The Kier molecular flexibility index (Phi) is 4.48. The zero-order valence-electron chi connectivity index (χ0n) is 8.50. The molecule has 2 atom stereocenters. The highest BCUT2D eigenvalue weighted by Crippen LogP contribution is 2.19. The molecule has 0 saturated carbocycles. The molecule has 0 amide bonds. The molecule has 0 spiro atoms. The van der Waals surface area contributed by atoms with Gasteiger partial charge >= 0.3 is 0 Å². The van der Waals surface area contributed by atoms with Crippen molar-refractivity contribution in [3.8, 4) is 0 Å². The maximum atomic E-state index is 13.4. The van der Waals surface area contributed by atoms with Crippen LogP contribution in [0.1, 0.15) is 24.1 Å². The Balaban J connectivity index is 2.98. The van der Waals surface area contributed by atoms with Crippen molar-refractivity contribution in [1.82, 2.24) is 4.72 Å². The molecule has 1 unspecified atom stereocenters. The summed E-state index contributed by atoms with van der Waals surface area (Å²) in [6.45, 7) is 1.17. The highest BCUT2D eigenvalue weighted by molar-refractivity contribution is 7.77. The zero-order chi connectivity index (χ0) is 12.3. The van der Waals surface area contributed by atoms with E-state index in [0.717, 1.165) is 12.1 Å². The average molecular weight is 249 g/mol. The minimum absolute atomic E-state index is 0.321. The fourth-order valence-corrected chi connectivity index (χ4v) is 1.45. The van der Waals surface area contributed by atoms with Gasteiger partial charge in [-0.1, -0.05) is 0 Å². The monoisotopic (exact) mass is 249 g/mol. The van der Waals surface area contributed by atoms with Crippen LogP contribution in [0.2, 0.25) is 0 Å². The van der Waals surface area contributed by atoms with Crippen LogP contribution in [0.15, 0.2) is 12.1 Å². The third-order valence-corrected chi connectivity index (χ3v) is 2.44. The third kappa shape index (κ3) is 3.31. The quantitative estimate of drug-likeness (QED) is 0.777. The smallest absolute Gasteiger partial charge is 0.130 e. The first kappa shape index (κ1) is 13.2. The van der Waals surface area contributed by atoms with E-state index in [-0.39, 0.29) is 5.56 Å². The van der Waals surface area contributed by atoms with E-state index >= 15 is 0 Å². The highest BCUT2D eigenvalue weighted by Gasteiger charge is 2.12. The van der Waals surface area contributed by atoms with Gasteiger partial charge in [-0.25, -0.2) is 13.5 Å². The van der Waals surface area contributed by atoms with Gasteiger partial charge in [-0.05, 0) is 24.6 Å². The normalized spacial score (nSPS) is 14.8. The molecular formula is C9H11F2N2O2S-. The van der Waals surface area contributed by atoms with Crippen molar-refractivity contribution in [1.29, 1.82) is 0 Å². The van der Waals surface area contributed by atoms with Crippen molar-refractivity contribution in [2.45, 2.75) is 19.5 Å². The van der Waals surface area contributed by atoms with Crippen LogP contribution < -0.4 is 10.5 Å². The number of hydrogen-bond acceptors (Lipinski definition) is 3. The lowest BCUT2D eigenvalue weighted by Crippen LogP contribution is -2.18. The predicted octanol–water partition coefficient (Wildman–Crippen LogP) is 0.868. The molecule has 0 aliphatic carbocycles. The van der Waals surface area contributed by atoms with Crippen LogP contribution in [0.25, 0.3) is 0 Å². The van der Waals surface area contributed by atoms with Crippen molar-refractivity contribution < 1.29 is 17.5 Å². The highest BCUT2D eigenvalue weighted by atomic mass is 32.2. The summed E-state index contributed by atoms with van der Waals surface area (Å²) < 4.78 is 49.1. The average Bonchev–Trinajstić information content (AvgIpc) is 2.15. The van der Waals surface area contributed by atoms with E-state index in [4.69, 9.17) is 5.73 Å². The summed E-state index contributed by atoms with van der Waals surface area (Å²) in [7, 11) is 0. The second kappa shape index (κ2) is 5.44. The Morgan fingerprint density at radius 2 is 2.00 bits per heavy atom. The fraction of sp³-hybridized carbons (Fsp3) is 0.333. The summed E-state index contributed by atoms with van der Waals surface area (Å²) in [6.07, 6.45) is 0. The molecule has 1 rings (SSSR count). The van der Waals surface area contributed by atoms with Gasteiger partial charge in [-0.15, -0.1) is 0 Å². The lowest BCUT2D eigenvalue weighted by Gasteiger charge is -2.12. The maximum absolute atomic E-state index is 13.4. The number of halogens is 2. The Bertz CT molecular complexity index is 389. The van der Waals surface area contributed by atoms with Crippen molar-refractivity contribution in [2.75, 3.05) is 0 Å². The van der Waals surface area contributed by atoms with Crippen LogP contribution >= 0.6 is 0 Å². The van der Waals surface area contributed by atoms with Crippen LogP contribution in [0.3, 0.4) is 0 Å². The molecule has 0 radical (unpaired) electrons. The predicted molar refractivity (Wildman–Crippen MR) is 54.7 cm³/mol. The second-order valence-corrected chi connectivity index (χ2v) is 4.07. The Morgan fingerprint density at radius 1 is 1.50 bits per heavy atom. The molecule has 0 aliphatic rings. The summed E-state index contributed by atoms with van der Waals surface area (Å²) in [5.74, 6) is -1.63. The minimum Gasteiger partial charge on any atom is -0.760 e. The van der Waals surface area contributed by atoms with E-state index in [0.29, 0.717) is 5.56 Å². The van der Waals surface area contributed by atoms with Gasteiger partial charge in [0.05, 0.1) is 0 Å². The Morgan fingerprint density at radius 3 is 2.38 bits per heavy atom. The summed E-state index contributed by atoms with van der Waals surface area (Å²) in [6, 6.07) is 1.70. The summed E-state index contributed by atoms with van der Waals surface area (Å²) >= 11 is -2.55.